The maximum Gasteiger partial charge on any atom is 0.321 e. The summed E-state index contributed by atoms with van der Waals surface area (Å²) in [6.07, 6.45) is 4.71. The number of para-hydroxylation sites is 1. The summed E-state index contributed by atoms with van der Waals surface area (Å²) in [4.78, 5) is 43.4. The lowest BCUT2D eigenvalue weighted by atomic mass is 9.96. The number of anilines is 2. The summed E-state index contributed by atoms with van der Waals surface area (Å²) < 4.78 is 6.57. The van der Waals surface area contributed by atoms with Gasteiger partial charge < -0.3 is 35.6 Å². The number of hydrogen-bond acceptors (Lipinski definition) is 5. The largest absolute Gasteiger partial charge is 0.485 e. The number of benzene rings is 3. The second kappa shape index (κ2) is 14.0. The Morgan fingerprint density at radius 1 is 1.00 bits per heavy atom. The zero-order valence-electron chi connectivity index (χ0n) is 25.7. The molecule has 234 valence electrons. The first-order chi connectivity index (χ1) is 21.2. The molecule has 1 aliphatic carbocycles. The van der Waals surface area contributed by atoms with Gasteiger partial charge in [-0.3, -0.25) is 4.79 Å². The van der Waals surface area contributed by atoms with Crippen molar-refractivity contribution in [2.24, 2.45) is 5.92 Å². The zero-order chi connectivity index (χ0) is 31.2. The number of fused-ring (bicyclic) bond motifs is 2. The van der Waals surface area contributed by atoms with Crippen molar-refractivity contribution in [2.75, 3.05) is 37.4 Å². The Morgan fingerprint density at radius 3 is 2.48 bits per heavy atom. The molecular formula is C34H43N5O5. The molecule has 0 saturated heterocycles. The van der Waals surface area contributed by atoms with Gasteiger partial charge in [0.2, 0.25) is 0 Å². The molecule has 0 radical (unpaired) electrons. The van der Waals surface area contributed by atoms with Crippen LogP contribution in [0.2, 0.25) is 0 Å². The minimum Gasteiger partial charge on any atom is -0.485 e. The van der Waals surface area contributed by atoms with Crippen molar-refractivity contribution in [1.82, 2.24) is 15.1 Å². The number of ether oxygens (including phenoxy) is 1. The van der Waals surface area contributed by atoms with Crippen LogP contribution in [0.1, 0.15) is 56.3 Å². The van der Waals surface area contributed by atoms with Crippen molar-refractivity contribution in [1.29, 1.82) is 0 Å². The Balaban J connectivity index is 1.39. The highest BCUT2D eigenvalue weighted by atomic mass is 16.5. The van der Waals surface area contributed by atoms with Crippen LogP contribution in [-0.2, 0) is 0 Å². The molecule has 1 aliphatic heterocycles. The van der Waals surface area contributed by atoms with Gasteiger partial charge in [0, 0.05) is 30.9 Å². The Morgan fingerprint density at radius 2 is 1.70 bits per heavy atom. The van der Waals surface area contributed by atoms with Gasteiger partial charge in [0.1, 0.15) is 6.10 Å². The number of likely N-dealkylation sites (N-methyl/N-ethyl adjacent to an activating group) is 1. The molecule has 3 atom stereocenters. The van der Waals surface area contributed by atoms with Gasteiger partial charge in [-0.2, -0.15) is 0 Å². The summed E-state index contributed by atoms with van der Waals surface area (Å²) >= 11 is 0. The smallest absolute Gasteiger partial charge is 0.321 e. The molecule has 1 fully saturated rings. The van der Waals surface area contributed by atoms with Crippen LogP contribution in [0.3, 0.4) is 0 Å². The SMILES string of the molecule is C[C@H](CO)N1C[C@H](C)[C@H](CN(C)C(=O)Nc2cccc3ccccc23)Oc2c(NC(=O)NC3CCCCC3)cccc2C1=O. The number of urea groups is 2. The van der Waals surface area contributed by atoms with Crippen molar-refractivity contribution in [2.45, 2.75) is 64.1 Å². The third kappa shape index (κ3) is 7.07. The first-order valence-corrected chi connectivity index (χ1v) is 15.5. The van der Waals surface area contributed by atoms with E-state index in [9.17, 15) is 19.5 Å². The van der Waals surface area contributed by atoms with Crippen molar-refractivity contribution >= 4 is 40.1 Å². The topological polar surface area (TPSA) is 123 Å². The molecule has 10 heteroatoms. The van der Waals surface area contributed by atoms with E-state index in [1.54, 1.807) is 42.0 Å². The van der Waals surface area contributed by atoms with Crippen molar-refractivity contribution in [3.05, 3.63) is 66.2 Å². The van der Waals surface area contributed by atoms with Crippen molar-refractivity contribution in [3.63, 3.8) is 0 Å². The minimum atomic E-state index is -0.525. The highest BCUT2D eigenvalue weighted by Gasteiger charge is 2.35. The maximum atomic E-state index is 13.8. The standard InChI is InChI=1S/C34H43N5O5/c1-22-19-39(23(2)21-40)32(41)27-16-10-18-29(36-33(42)35-25-13-5-4-6-14-25)31(27)44-30(22)20-38(3)34(43)37-28-17-9-12-24-11-7-8-15-26(24)28/h7-12,15-18,22-23,25,30,40H,4-6,13-14,19-21H2,1-3H3,(H,37,43)(H2,35,36,42)/t22-,23+,30-/m0/s1. The third-order valence-electron chi connectivity index (χ3n) is 8.71. The highest BCUT2D eigenvalue weighted by molar-refractivity contribution is 6.02. The van der Waals surface area contributed by atoms with E-state index in [0.29, 0.717) is 23.5 Å². The first kappa shape index (κ1) is 31.1. The van der Waals surface area contributed by atoms with E-state index >= 15 is 0 Å². The first-order valence-electron chi connectivity index (χ1n) is 15.5. The summed E-state index contributed by atoms with van der Waals surface area (Å²) in [5, 5.41) is 20.9. The molecule has 3 aromatic rings. The van der Waals surface area contributed by atoms with E-state index in [1.165, 1.54) is 6.42 Å². The van der Waals surface area contributed by atoms with E-state index in [-0.39, 0.29) is 48.8 Å². The molecule has 0 spiro atoms. The maximum absolute atomic E-state index is 13.8. The van der Waals surface area contributed by atoms with Crippen LogP contribution in [-0.4, -0.2) is 77.8 Å². The zero-order valence-corrected chi connectivity index (χ0v) is 25.7. The average molecular weight is 602 g/mol. The molecule has 1 heterocycles. The fourth-order valence-electron chi connectivity index (χ4n) is 6.05. The lowest BCUT2D eigenvalue weighted by Gasteiger charge is -2.38. The van der Waals surface area contributed by atoms with E-state index in [2.05, 4.69) is 16.0 Å². The number of aliphatic hydroxyl groups is 1. The van der Waals surface area contributed by atoms with Gasteiger partial charge in [0.25, 0.3) is 5.91 Å². The van der Waals surface area contributed by atoms with Crippen molar-refractivity contribution in [3.8, 4) is 5.75 Å². The fourth-order valence-corrected chi connectivity index (χ4v) is 6.05. The Hall–Kier alpha value is -4.31. The summed E-state index contributed by atoms with van der Waals surface area (Å²) in [5.74, 6) is -0.242. The third-order valence-corrected chi connectivity index (χ3v) is 8.71. The van der Waals surface area contributed by atoms with Gasteiger partial charge in [-0.15, -0.1) is 0 Å². The molecule has 0 unspecified atom stereocenters. The second-order valence-corrected chi connectivity index (χ2v) is 12.1. The minimum absolute atomic E-state index is 0.111. The number of aliphatic hydroxyl groups excluding tert-OH is 1. The van der Waals surface area contributed by atoms with Gasteiger partial charge in [-0.1, -0.05) is 68.7 Å². The molecule has 44 heavy (non-hydrogen) atoms. The van der Waals surface area contributed by atoms with Gasteiger partial charge in [0.15, 0.2) is 5.75 Å². The lowest BCUT2D eigenvalue weighted by molar-refractivity contribution is 0.0373. The van der Waals surface area contributed by atoms with Crippen LogP contribution in [0.5, 0.6) is 5.75 Å². The highest BCUT2D eigenvalue weighted by Crippen LogP contribution is 2.35. The van der Waals surface area contributed by atoms with Crippen LogP contribution in [0.15, 0.2) is 60.7 Å². The van der Waals surface area contributed by atoms with Gasteiger partial charge in [-0.25, -0.2) is 9.59 Å². The van der Waals surface area contributed by atoms with Gasteiger partial charge in [-0.05, 0) is 43.4 Å². The van der Waals surface area contributed by atoms with Gasteiger partial charge in [0.05, 0.1) is 36.1 Å². The molecule has 5 rings (SSSR count). The summed E-state index contributed by atoms with van der Waals surface area (Å²) in [7, 11) is 1.71. The van der Waals surface area contributed by atoms with E-state index < -0.39 is 12.1 Å². The van der Waals surface area contributed by atoms with E-state index in [0.717, 1.165) is 36.5 Å². The number of carbonyl (C=O) groups is 3. The number of amides is 5. The second-order valence-electron chi connectivity index (χ2n) is 12.1. The Labute approximate surface area is 258 Å². The summed E-state index contributed by atoms with van der Waals surface area (Å²) in [6.45, 7) is 4.10. The van der Waals surface area contributed by atoms with Crippen molar-refractivity contribution < 1.29 is 24.2 Å². The molecular weight excluding hydrogens is 558 g/mol. The lowest BCUT2D eigenvalue weighted by Crippen LogP contribution is -2.50. The van der Waals surface area contributed by atoms with Crippen LogP contribution < -0.4 is 20.7 Å². The van der Waals surface area contributed by atoms with Crippen LogP contribution in [0.25, 0.3) is 10.8 Å². The summed E-state index contributed by atoms with van der Waals surface area (Å²) in [6, 6.07) is 17.8. The number of rotatable bonds is 7. The molecule has 3 aromatic carbocycles. The summed E-state index contributed by atoms with van der Waals surface area (Å²) in [5.41, 5.74) is 1.38. The predicted octanol–water partition coefficient (Wildman–Crippen LogP) is 5.68. The average Bonchev–Trinajstić information content (AvgIpc) is 3.03. The number of nitrogens with zero attached hydrogens (tertiary/aromatic N) is 2. The van der Waals surface area contributed by atoms with Crippen LogP contribution >= 0.6 is 0 Å². The molecule has 10 nitrogen and oxygen atoms in total. The normalized spacial score (nSPS) is 19.6. The number of nitrogens with one attached hydrogen (secondary N) is 3. The number of carbonyl (C=O) groups excluding carboxylic acids is 3. The van der Waals surface area contributed by atoms with Crippen LogP contribution in [0.4, 0.5) is 21.0 Å². The quantitative estimate of drug-likeness (QED) is 0.278. The molecule has 1 saturated carbocycles. The molecule has 0 aromatic heterocycles. The Kier molecular flexibility index (Phi) is 9.89. The molecule has 5 amide bonds. The van der Waals surface area contributed by atoms with Crippen LogP contribution in [0, 0.1) is 5.92 Å². The molecule has 2 aliphatic rings. The molecule has 4 N–H and O–H groups in total. The Bertz CT molecular complexity index is 1480. The predicted molar refractivity (Wildman–Crippen MR) is 172 cm³/mol. The fraction of sp³-hybridized carbons (Fsp3) is 0.441. The van der Waals surface area contributed by atoms with E-state index in [1.807, 2.05) is 49.4 Å². The van der Waals surface area contributed by atoms with Gasteiger partial charge >= 0.3 is 12.1 Å². The molecule has 0 bridgehead atoms. The van der Waals surface area contributed by atoms with E-state index in [4.69, 9.17) is 4.74 Å². The monoisotopic (exact) mass is 601 g/mol. The number of hydrogen-bond donors (Lipinski definition) is 4.